The maximum atomic E-state index is 12.0. The van der Waals surface area contributed by atoms with Gasteiger partial charge in [0, 0.05) is 6.08 Å². The van der Waals surface area contributed by atoms with Gasteiger partial charge in [-0.3, -0.25) is 4.79 Å². The fraction of sp³-hybridized carbons (Fsp3) is 0.346. The molecule has 0 bridgehead atoms. The average Bonchev–Trinajstić information content (AvgIpc) is 2.63. The minimum absolute atomic E-state index is 0.0576. The smallest absolute Gasteiger partial charge is 0.248 e. The van der Waals surface area contributed by atoms with Gasteiger partial charge >= 0.3 is 0 Å². The lowest BCUT2D eigenvalue weighted by Gasteiger charge is -2.04. The molecule has 0 spiro atoms. The molecule has 1 amide bonds. The number of rotatable bonds is 10. The quantitative estimate of drug-likeness (QED) is 0.190. The molecule has 29 heavy (non-hydrogen) atoms. The highest BCUT2D eigenvalue weighted by atomic mass is 16.3. The first kappa shape index (κ1) is 24.2. The number of phenols is 1. The second-order valence-electron chi connectivity index (χ2n) is 7.68. The number of hydrogen-bond donors (Lipinski definition) is 2. The minimum Gasteiger partial charge on any atom is -0.506 e. The van der Waals surface area contributed by atoms with Gasteiger partial charge in [-0.2, -0.15) is 0 Å². The third-order valence-electron chi connectivity index (χ3n) is 4.38. The third-order valence-corrected chi connectivity index (χ3v) is 4.38. The summed E-state index contributed by atoms with van der Waals surface area (Å²) in [5, 5.41) is 12.4. The molecule has 0 radical (unpaired) electrons. The van der Waals surface area contributed by atoms with Gasteiger partial charge in [0.25, 0.3) is 0 Å². The lowest BCUT2D eigenvalue weighted by Crippen LogP contribution is -2.08. The second kappa shape index (κ2) is 13.4. The highest BCUT2D eigenvalue weighted by Crippen LogP contribution is 2.21. The summed E-state index contributed by atoms with van der Waals surface area (Å²) in [6, 6.07) is 6.68. The van der Waals surface area contributed by atoms with Crippen molar-refractivity contribution >= 4 is 11.6 Å². The molecule has 2 N–H and O–H groups in total. The van der Waals surface area contributed by atoms with Crippen LogP contribution in [0.25, 0.3) is 0 Å². The van der Waals surface area contributed by atoms with Gasteiger partial charge in [0.05, 0.1) is 5.69 Å². The maximum Gasteiger partial charge on any atom is 0.248 e. The highest BCUT2D eigenvalue weighted by Gasteiger charge is 2.02. The van der Waals surface area contributed by atoms with E-state index in [0.29, 0.717) is 5.69 Å². The molecule has 3 heteroatoms. The van der Waals surface area contributed by atoms with Crippen LogP contribution in [0.5, 0.6) is 5.75 Å². The van der Waals surface area contributed by atoms with E-state index in [2.05, 4.69) is 51.2 Å². The summed E-state index contributed by atoms with van der Waals surface area (Å²) in [4.78, 5) is 12.0. The van der Waals surface area contributed by atoms with Crippen LogP contribution in [0.1, 0.15) is 60.3 Å². The van der Waals surface area contributed by atoms with Crippen molar-refractivity contribution in [3.05, 3.63) is 83.0 Å². The van der Waals surface area contributed by atoms with Gasteiger partial charge in [0.1, 0.15) is 5.75 Å². The van der Waals surface area contributed by atoms with E-state index >= 15 is 0 Å². The topological polar surface area (TPSA) is 49.3 Å². The molecule has 0 heterocycles. The standard InChI is InChI=1S/C26H35NO2/c1-20(2)11-8-12-21(3)13-9-14-22(4)15-10-16-23(5)19-26(29)27-24-17-6-7-18-25(24)28/h6-7,10-11,13,15-19,28H,8-9,12,14H2,1-5H3,(H,27,29). The van der Waals surface area contributed by atoms with Crippen LogP contribution < -0.4 is 5.32 Å². The fourth-order valence-electron chi connectivity index (χ4n) is 2.69. The molecule has 1 aromatic rings. The Kier molecular flexibility index (Phi) is 11.2. The van der Waals surface area contributed by atoms with Crippen LogP contribution in [0.15, 0.2) is 83.0 Å². The second-order valence-corrected chi connectivity index (χ2v) is 7.68. The summed E-state index contributed by atoms with van der Waals surface area (Å²) < 4.78 is 0. The van der Waals surface area contributed by atoms with Crippen molar-refractivity contribution in [2.24, 2.45) is 0 Å². The molecule has 0 aromatic heterocycles. The molecule has 0 saturated carbocycles. The number of hydrogen-bond acceptors (Lipinski definition) is 2. The Balaban J connectivity index is 2.45. The SMILES string of the molecule is CC(C)=CCCC(C)=CCCC(C)=CC=CC(C)=CC(=O)Nc1ccccc1O. The van der Waals surface area contributed by atoms with Crippen LogP contribution in [0.2, 0.25) is 0 Å². The lowest BCUT2D eigenvalue weighted by molar-refractivity contribution is -0.112. The van der Waals surface area contributed by atoms with Crippen LogP contribution in [-0.4, -0.2) is 11.0 Å². The summed E-state index contributed by atoms with van der Waals surface area (Å²) in [5.41, 5.74) is 5.38. The molecular weight excluding hydrogens is 358 g/mol. The van der Waals surface area contributed by atoms with Gasteiger partial charge in [0.2, 0.25) is 5.91 Å². The van der Waals surface area contributed by atoms with E-state index in [9.17, 15) is 9.90 Å². The van der Waals surface area contributed by atoms with Crippen molar-refractivity contribution in [2.75, 3.05) is 5.32 Å². The number of allylic oxidation sites excluding steroid dienone is 9. The Morgan fingerprint density at radius 3 is 2.31 bits per heavy atom. The van der Waals surface area contributed by atoms with Crippen LogP contribution >= 0.6 is 0 Å². The normalized spacial score (nSPS) is 12.9. The van der Waals surface area contributed by atoms with E-state index in [4.69, 9.17) is 0 Å². The zero-order valence-corrected chi connectivity index (χ0v) is 18.5. The summed E-state index contributed by atoms with van der Waals surface area (Å²) in [6.45, 7) is 10.5. The maximum absolute atomic E-state index is 12.0. The summed E-state index contributed by atoms with van der Waals surface area (Å²) in [7, 11) is 0. The Morgan fingerprint density at radius 2 is 1.62 bits per heavy atom. The number of amides is 1. The first-order chi connectivity index (χ1) is 13.8. The summed E-state index contributed by atoms with van der Waals surface area (Å²) in [6.07, 6.45) is 16.4. The number of carbonyl (C=O) groups excluding carboxylic acids is 1. The van der Waals surface area contributed by atoms with Crippen LogP contribution in [0.3, 0.4) is 0 Å². The number of para-hydroxylation sites is 2. The molecule has 1 rings (SSSR count). The average molecular weight is 394 g/mol. The number of anilines is 1. The van der Waals surface area contributed by atoms with Crippen molar-refractivity contribution < 1.29 is 9.90 Å². The first-order valence-corrected chi connectivity index (χ1v) is 10.2. The number of carbonyl (C=O) groups is 1. The number of nitrogens with one attached hydrogen (secondary N) is 1. The van der Waals surface area contributed by atoms with E-state index in [1.54, 1.807) is 24.3 Å². The van der Waals surface area contributed by atoms with Gasteiger partial charge in [-0.05, 0) is 78.0 Å². The highest BCUT2D eigenvalue weighted by molar-refractivity contribution is 6.00. The monoisotopic (exact) mass is 393 g/mol. The predicted molar refractivity (Wildman–Crippen MR) is 125 cm³/mol. The Bertz CT molecular complexity index is 819. The van der Waals surface area contributed by atoms with Crippen molar-refractivity contribution in [3.8, 4) is 5.75 Å². The van der Waals surface area contributed by atoms with Crippen LogP contribution in [0, 0.1) is 0 Å². The van der Waals surface area contributed by atoms with Gasteiger partial charge in [-0.1, -0.05) is 59.2 Å². The number of phenolic OH excluding ortho intramolecular Hbond substituents is 1. The van der Waals surface area contributed by atoms with E-state index in [-0.39, 0.29) is 11.7 Å². The Hall–Kier alpha value is -2.81. The number of benzene rings is 1. The molecule has 3 nitrogen and oxygen atoms in total. The van der Waals surface area contributed by atoms with Gasteiger partial charge in [0.15, 0.2) is 0 Å². The fourth-order valence-corrected chi connectivity index (χ4v) is 2.69. The molecule has 0 aliphatic heterocycles. The molecule has 0 unspecified atom stereocenters. The van der Waals surface area contributed by atoms with E-state index in [0.717, 1.165) is 31.3 Å². The molecule has 0 fully saturated rings. The van der Waals surface area contributed by atoms with Gasteiger partial charge < -0.3 is 10.4 Å². The van der Waals surface area contributed by atoms with E-state index < -0.39 is 0 Å². The van der Waals surface area contributed by atoms with Crippen molar-refractivity contribution in [1.29, 1.82) is 0 Å². The first-order valence-electron chi connectivity index (χ1n) is 10.2. The number of aromatic hydroxyl groups is 1. The summed E-state index contributed by atoms with van der Waals surface area (Å²) in [5.74, 6) is -0.203. The van der Waals surface area contributed by atoms with Crippen molar-refractivity contribution in [2.45, 2.75) is 60.3 Å². The molecule has 0 aliphatic rings. The molecule has 0 atom stereocenters. The molecule has 0 saturated heterocycles. The van der Waals surface area contributed by atoms with Crippen molar-refractivity contribution in [1.82, 2.24) is 0 Å². The summed E-state index contributed by atoms with van der Waals surface area (Å²) >= 11 is 0. The van der Waals surface area contributed by atoms with Gasteiger partial charge in [-0.15, -0.1) is 0 Å². The molecule has 0 aliphatic carbocycles. The zero-order valence-electron chi connectivity index (χ0n) is 18.5. The van der Waals surface area contributed by atoms with E-state index in [1.807, 2.05) is 19.1 Å². The van der Waals surface area contributed by atoms with Crippen LogP contribution in [-0.2, 0) is 4.79 Å². The van der Waals surface area contributed by atoms with Crippen LogP contribution in [0.4, 0.5) is 5.69 Å². The Morgan fingerprint density at radius 1 is 0.966 bits per heavy atom. The third kappa shape index (κ3) is 11.6. The zero-order chi connectivity index (χ0) is 21.6. The molecule has 156 valence electrons. The lowest BCUT2D eigenvalue weighted by atomic mass is 10.1. The minimum atomic E-state index is -0.261. The molecular formula is C26H35NO2. The largest absolute Gasteiger partial charge is 0.506 e. The van der Waals surface area contributed by atoms with Gasteiger partial charge in [-0.25, -0.2) is 0 Å². The van der Waals surface area contributed by atoms with E-state index in [1.165, 1.54) is 22.8 Å². The van der Waals surface area contributed by atoms with Crippen molar-refractivity contribution in [3.63, 3.8) is 0 Å². The molecule has 1 aromatic carbocycles. The Labute approximate surface area is 176 Å². The predicted octanol–water partition coefficient (Wildman–Crippen LogP) is 7.25.